The minimum Gasteiger partial charge on any atom is -0.395 e. The Labute approximate surface area is 80.4 Å². The lowest BCUT2D eigenvalue weighted by Gasteiger charge is -2.25. The zero-order valence-corrected chi connectivity index (χ0v) is 7.43. The summed E-state index contributed by atoms with van der Waals surface area (Å²) in [4.78, 5) is 0. The number of nitrogens with zero attached hydrogens (tertiary/aromatic N) is 1. The molecule has 1 saturated heterocycles. The molecule has 0 spiro atoms. The van der Waals surface area contributed by atoms with Crippen molar-refractivity contribution in [3.05, 3.63) is 0 Å². The zero-order chi connectivity index (χ0) is 10.9. The lowest BCUT2D eigenvalue weighted by atomic mass is 10.0. The first-order valence-electron chi connectivity index (χ1n) is 4.27. The molecule has 1 fully saturated rings. The third kappa shape index (κ3) is 1.75. The van der Waals surface area contributed by atoms with E-state index in [0.717, 1.165) is 0 Å². The van der Waals surface area contributed by atoms with E-state index in [1.54, 1.807) is 0 Å². The minimum absolute atomic E-state index is 0.482. The zero-order valence-electron chi connectivity index (χ0n) is 7.43. The van der Waals surface area contributed by atoms with Crippen LogP contribution in [0.25, 0.3) is 0 Å². The molecule has 7 heteroatoms. The molecule has 1 heterocycles. The molecule has 0 amide bonds. The maximum atomic E-state index is 9.40. The van der Waals surface area contributed by atoms with Crippen molar-refractivity contribution in [3.63, 3.8) is 0 Å². The fourth-order valence-corrected chi connectivity index (χ4v) is 1.67. The van der Waals surface area contributed by atoms with Gasteiger partial charge in [-0.05, 0) is 0 Å². The van der Waals surface area contributed by atoms with Crippen LogP contribution in [0.1, 0.15) is 0 Å². The van der Waals surface area contributed by atoms with Crippen molar-refractivity contribution < 1.29 is 30.7 Å². The van der Waals surface area contributed by atoms with E-state index in [9.17, 15) is 20.5 Å². The van der Waals surface area contributed by atoms with Gasteiger partial charge in [0, 0.05) is 0 Å². The van der Waals surface area contributed by atoms with Gasteiger partial charge in [-0.2, -0.15) is 5.06 Å². The van der Waals surface area contributed by atoms with Crippen LogP contribution in [0.5, 0.6) is 0 Å². The van der Waals surface area contributed by atoms with Crippen molar-refractivity contribution in [2.24, 2.45) is 0 Å². The maximum Gasteiger partial charge on any atom is 0.102 e. The van der Waals surface area contributed by atoms with E-state index in [1.165, 1.54) is 0 Å². The molecule has 1 aliphatic heterocycles. The maximum absolute atomic E-state index is 9.40. The van der Waals surface area contributed by atoms with Gasteiger partial charge in [0.15, 0.2) is 0 Å². The largest absolute Gasteiger partial charge is 0.395 e. The first-order valence-corrected chi connectivity index (χ1v) is 4.27. The molecule has 5 unspecified atom stereocenters. The van der Waals surface area contributed by atoms with Crippen LogP contribution >= 0.6 is 0 Å². The molecule has 0 aliphatic carbocycles. The molecule has 0 radical (unpaired) electrons. The van der Waals surface area contributed by atoms with E-state index in [4.69, 9.17) is 10.2 Å². The molecule has 0 aromatic rings. The lowest BCUT2D eigenvalue weighted by Crippen LogP contribution is -2.47. The number of hydrogen-bond donors (Lipinski definition) is 6. The molecular weight excluding hydrogens is 194 g/mol. The highest BCUT2D eigenvalue weighted by Crippen LogP contribution is 2.25. The number of hydroxylamine groups is 2. The van der Waals surface area contributed by atoms with E-state index in [-0.39, 0.29) is 0 Å². The lowest BCUT2D eigenvalue weighted by molar-refractivity contribution is -0.181. The quantitative estimate of drug-likeness (QED) is 0.285. The Balaban J connectivity index is 2.77. The van der Waals surface area contributed by atoms with Gasteiger partial charge < -0.3 is 30.7 Å². The van der Waals surface area contributed by atoms with Gasteiger partial charge in [-0.15, -0.1) is 0 Å². The summed E-state index contributed by atoms with van der Waals surface area (Å²) in [5, 5.41) is 55.2. The normalized spacial score (nSPS) is 41.6. The number of hydrogen-bond acceptors (Lipinski definition) is 7. The van der Waals surface area contributed by atoms with E-state index in [0.29, 0.717) is 5.06 Å². The molecule has 0 aromatic heterocycles. The van der Waals surface area contributed by atoms with Crippen molar-refractivity contribution in [1.82, 2.24) is 5.06 Å². The Morgan fingerprint density at radius 3 is 2.07 bits per heavy atom. The van der Waals surface area contributed by atoms with Crippen molar-refractivity contribution >= 4 is 0 Å². The highest BCUT2D eigenvalue weighted by Gasteiger charge is 2.49. The standard InChI is InChI=1S/C7H15NO6/c9-1-3-6(12)7(13)5(8(3)14)4(11)2-10/h3-7,9-14H,1-2H2. The van der Waals surface area contributed by atoms with Gasteiger partial charge >= 0.3 is 0 Å². The van der Waals surface area contributed by atoms with Crippen molar-refractivity contribution in [3.8, 4) is 0 Å². The van der Waals surface area contributed by atoms with Gasteiger partial charge in [0.2, 0.25) is 0 Å². The van der Waals surface area contributed by atoms with E-state index in [1.807, 2.05) is 0 Å². The highest BCUT2D eigenvalue weighted by molar-refractivity contribution is 4.99. The summed E-state index contributed by atoms with van der Waals surface area (Å²) in [5.41, 5.74) is 0. The van der Waals surface area contributed by atoms with Gasteiger partial charge in [-0.3, -0.25) is 0 Å². The second-order valence-electron chi connectivity index (χ2n) is 3.35. The molecule has 7 nitrogen and oxygen atoms in total. The number of rotatable bonds is 3. The van der Waals surface area contributed by atoms with Crippen molar-refractivity contribution in [2.45, 2.75) is 30.4 Å². The van der Waals surface area contributed by atoms with Crippen molar-refractivity contribution in [2.75, 3.05) is 13.2 Å². The first kappa shape index (κ1) is 11.8. The summed E-state index contributed by atoms with van der Waals surface area (Å²) in [6.45, 7) is -1.20. The Kier molecular flexibility index (Phi) is 3.78. The van der Waals surface area contributed by atoms with Crippen LogP contribution < -0.4 is 0 Å². The molecule has 0 saturated carbocycles. The van der Waals surface area contributed by atoms with E-state index >= 15 is 0 Å². The van der Waals surface area contributed by atoms with Crippen LogP contribution in [0.3, 0.4) is 0 Å². The van der Waals surface area contributed by atoms with Gasteiger partial charge in [-0.25, -0.2) is 0 Å². The first-order chi connectivity index (χ1) is 6.54. The summed E-state index contributed by atoms with van der Waals surface area (Å²) < 4.78 is 0. The average molecular weight is 209 g/mol. The monoisotopic (exact) mass is 209 g/mol. The Hall–Kier alpha value is -0.280. The summed E-state index contributed by atoms with van der Waals surface area (Å²) in [7, 11) is 0. The van der Waals surface area contributed by atoms with Gasteiger partial charge in [-0.1, -0.05) is 0 Å². The Morgan fingerprint density at radius 1 is 1.14 bits per heavy atom. The third-order valence-electron chi connectivity index (χ3n) is 2.51. The average Bonchev–Trinajstić information content (AvgIpc) is 2.38. The predicted octanol–water partition coefficient (Wildman–Crippen LogP) is -3.50. The molecule has 84 valence electrons. The second-order valence-corrected chi connectivity index (χ2v) is 3.35. The fraction of sp³-hybridized carbons (Fsp3) is 1.00. The third-order valence-corrected chi connectivity index (χ3v) is 2.51. The molecule has 0 aromatic carbocycles. The summed E-state index contributed by atoms with van der Waals surface area (Å²) >= 11 is 0. The smallest absolute Gasteiger partial charge is 0.102 e. The molecule has 1 rings (SSSR count). The number of aliphatic hydroxyl groups excluding tert-OH is 5. The second kappa shape index (κ2) is 4.49. The van der Waals surface area contributed by atoms with Crippen LogP contribution in [-0.2, 0) is 0 Å². The molecular formula is C7H15NO6. The van der Waals surface area contributed by atoms with Gasteiger partial charge in [0.1, 0.15) is 12.2 Å². The highest BCUT2D eigenvalue weighted by atomic mass is 16.5. The molecule has 1 aliphatic rings. The fourth-order valence-electron chi connectivity index (χ4n) is 1.67. The van der Waals surface area contributed by atoms with Gasteiger partial charge in [0.25, 0.3) is 0 Å². The van der Waals surface area contributed by atoms with E-state index < -0.39 is 43.6 Å². The summed E-state index contributed by atoms with van der Waals surface area (Å²) in [5.74, 6) is 0. The Bertz CT molecular complexity index is 191. The molecule has 6 N–H and O–H groups in total. The van der Waals surface area contributed by atoms with Crippen LogP contribution in [0.15, 0.2) is 0 Å². The van der Waals surface area contributed by atoms with E-state index in [2.05, 4.69) is 0 Å². The Morgan fingerprint density at radius 2 is 1.71 bits per heavy atom. The van der Waals surface area contributed by atoms with Crippen LogP contribution in [0.4, 0.5) is 0 Å². The number of aliphatic hydroxyl groups is 5. The van der Waals surface area contributed by atoms with Crippen molar-refractivity contribution in [1.29, 1.82) is 0 Å². The topological polar surface area (TPSA) is 125 Å². The van der Waals surface area contributed by atoms with Gasteiger partial charge in [0.05, 0.1) is 31.4 Å². The SMILES string of the molecule is OCC(O)C1C(O)C(O)C(CO)N1O. The molecule has 5 atom stereocenters. The van der Waals surface area contributed by atoms with Crippen LogP contribution in [0.2, 0.25) is 0 Å². The summed E-state index contributed by atoms with van der Waals surface area (Å²) in [6, 6.07) is -2.23. The predicted molar refractivity (Wildman–Crippen MR) is 43.4 cm³/mol. The molecule has 14 heavy (non-hydrogen) atoms. The van der Waals surface area contributed by atoms with Crippen LogP contribution in [-0.4, -0.2) is 79.4 Å². The molecule has 0 bridgehead atoms. The summed E-state index contributed by atoms with van der Waals surface area (Å²) in [6.07, 6.45) is -4.13. The van der Waals surface area contributed by atoms with Crippen LogP contribution in [0, 0.1) is 0 Å². The minimum atomic E-state index is -1.40.